The zero-order valence-electron chi connectivity index (χ0n) is 11.0. The van der Waals surface area contributed by atoms with Crippen LogP contribution in [0.4, 0.5) is 0 Å². The molecule has 2 bridgehead atoms. The third kappa shape index (κ3) is 1.78. The lowest BCUT2D eigenvalue weighted by molar-refractivity contribution is 0.0754. The highest BCUT2D eigenvalue weighted by Gasteiger charge is 2.43. The Balaban J connectivity index is 1.74. The van der Waals surface area contributed by atoms with Crippen LogP contribution in [0.15, 0.2) is 36.7 Å². The van der Waals surface area contributed by atoms with Crippen molar-refractivity contribution < 1.29 is 5.11 Å². The highest BCUT2D eigenvalue weighted by Crippen LogP contribution is 2.52. The van der Waals surface area contributed by atoms with Crippen molar-refractivity contribution in [2.24, 2.45) is 17.8 Å². The average molecular weight is 253 g/mol. The third-order valence-electron chi connectivity index (χ3n) is 5.22. The predicted octanol–water partition coefficient (Wildman–Crippen LogP) is 3.70. The summed E-state index contributed by atoms with van der Waals surface area (Å²) >= 11 is 0. The molecular formula is C17H19NO. The number of pyridine rings is 1. The standard InChI is InChI=1S/C17H19NO/c19-17(15-8-11-5-6-12(15)7-11)16-10-18-9-13-3-1-2-4-14(13)16/h1-4,9-12,15,17,19H,5-8H2. The zero-order valence-corrected chi connectivity index (χ0v) is 11.0. The van der Waals surface area contributed by atoms with E-state index in [4.69, 9.17) is 0 Å². The van der Waals surface area contributed by atoms with Crippen molar-refractivity contribution >= 4 is 10.8 Å². The molecule has 0 amide bonds. The summed E-state index contributed by atoms with van der Waals surface area (Å²) in [5, 5.41) is 13.1. The van der Waals surface area contributed by atoms with Crippen molar-refractivity contribution in [3.05, 3.63) is 42.2 Å². The maximum atomic E-state index is 10.8. The largest absolute Gasteiger partial charge is 0.388 e. The van der Waals surface area contributed by atoms with Gasteiger partial charge in [-0.2, -0.15) is 0 Å². The number of rotatable bonds is 2. The van der Waals surface area contributed by atoms with Crippen LogP contribution in [0.1, 0.15) is 37.4 Å². The van der Waals surface area contributed by atoms with Crippen molar-refractivity contribution in [1.29, 1.82) is 0 Å². The van der Waals surface area contributed by atoms with Crippen LogP contribution in [-0.2, 0) is 0 Å². The molecule has 98 valence electrons. The van der Waals surface area contributed by atoms with E-state index in [1.54, 1.807) is 0 Å². The fourth-order valence-electron chi connectivity index (χ4n) is 4.29. The Morgan fingerprint density at radius 3 is 2.79 bits per heavy atom. The van der Waals surface area contributed by atoms with E-state index in [0.29, 0.717) is 5.92 Å². The van der Waals surface area contributed by atoms with Gasteiger partial charge < -0.3 is 5.11 Å². The summed E-state index contributed by atoms with van der Waals surface area (Å²) in [6.07, 6.45) is 8.63. The van der Waals surface area contributed by atoms with Gasteiger partial charge in [-0.05, 0) is 42.4 Å². The Morgan fingerprint density at radius 2 is 2.00 bits per heavy atom. The second kappa shape index (κ2) is 4.31. The molecule has 4 unspecified atom stereocenters. The van der Waals surface area contributed by atoms with Crippen LogP contribution in [0.3, 0.4) is 0 Å². The minimum atomic E-state index is -0.339. The van der Waals surface area contributed by atoms with Gasteiger partial charge in [-0.25, -0.2) is 0 Å². The normalized spacial score (nSPS) is 30.9. The molecule has 2 aliphatic carbocycles. The molecule has 2 fully saturated rings. The minimum Gasteiger partial charge on any atom is -0.388 e. The molecule has 2 saturated carbocycles. The second-order valence-corrected chi connectivity index (χ2v) is 6.23. The highest BCUT2D eigenvalue weighted by atomic mass is 16.3. The maximum Gasteiger partial charge on any atom is 0.0841 e. The summed E-state index contributed by atoms with van der Waals surface area (Å²) in [7, 11) is 0. The van der Waals surface area contributed by atoms with Crippen LogP contribution in [0.25, 0.3) is 10.8 Å². The lowest BCUT2D eigenvalue weighted by atomic mass is 9.81. The Kier molecular flexibility index (Phi) is 2.59. The maximum absolute atomic E-state index is 10.8. The molecule has 2 aliphatic rings. The van der Waals surface area contributed by atoms with Crippen molar-refractivity contribution in [2.75, 3.05) is 0 Å². The van der Waals surface area contributed by atoms with Gasteiger partial charge in [0.25, 0.3) is 0 Å². The van der Waals surface area contributed by atoms with E-state index < -0.39 is 0 Å². The summed E-state index contributed by atoms with van der Waals surface area (Å²) in [4.78, 5) is 4.31. The molecule has 4 rings (SSSR count). The van der Waals surface area contributed by atoms with Gasteiger partial charge in [0, 0.05) is 23.3 Å². The molecule has 0 spiro atoms. The number of nitrogens with zero attached hydrogens (tertiary/aromatic N) is 1. The van der Waals surface area contributed by atoms with Gasteiger partial charge in [-0.3, -0.25) is 4.98 Å². The molecule has 0 radical (unpaired) electrons. The van der Waals surface area contributed by atoms with Crippen molar-refractivity contribution in [1.82, 2.24) is 4.98 Å². The van der Waals surface area contributed by atoms with E-state index in [1.165, 1.54) is 25.7 Å². The summed E-state index contributed by atoms with van der Waals surface area (Å²) < 4.78 is 0. The number of aromatic nitrogens is 1. The molecule has 2 heteroatoms. The molecule has 2 aromatic rings. The number of hydrogen-bond donors (Lipinski definition) is 1. The summed E-state index contributed by atoms with van der Waals surface area (Å²) in [5.41, 5.74) is 1.02. The van der Waals surface area contributed by atoms with E-state index in [9.17, 15) is 5.11 Å². The van der Waals surface area contributed by atoms with E-state index in [0.717, 1.165) is 28.2 Å². The van der Waals surface area contributed by atoms with Gasteiger partial charge >= 0.3 is 0 Å². The lowest BCUT2D eigenvalue weighted by Crippen LogP contribution is -2.19. The van der Waals surface area contributed by atoms with Gasteiger partial charge in [0.2, 0.25) is 0 Å². The van der Waals surface area contributed by atoms with Gasteiger partial charge in [-0.1, -0.05) is 30.7 Å². The minimum absolute atomic E-state index is 0.339. The number of fused-ring (bicyclic) bond motifs is 3. The number of hydrogen-bond acceptors (Lipinski definition) is 2. The van der Waals surface area contributed by atoms with E-state index in [2.05, 4.69) is 17.1 Å². The van der Waals surface area contributed by atoms with Crippen LogP contribution in [0.2, 0.25) is 0 Å². The molecule has 0 saturated heterocycles. The molecule has 1 aromatic heterocycles. The molecule has 0 aliphatic heterocycles. The Hall–Kier alpha value is -1.41. The van der Waals surface area contributed by atoms with Gasteiger partial charge in [0.05, 0.1) is 6.10 Å². The molecule has 4 atom stereocenters. The van der Waals surface area contributed by atoms with Crippen LogP contribution in [0, 0.1) is 17.8 Å². The van der Waals surface area contributed by atoms with Gasteiger partial charge in [0.1, 0.15) is 0 Å². The third-order valence-corrected chi connectivity index (χ3v) is 5.22. The summed E-state index contributed by atoms with van der Waals surface area (Å²) in [6.45, 7) is 0. The van der Waals surface area contributed by atoms with Crippen LogP contribution in [0.5, 0.6) is 0 Å². The molecule has 1 aromatic carbocycles. The molecule has 1 heterocycles. The first-order chi connectivity index (χ1) is 9.33. The first-order valence-corrected chi connectivity index (χ1v) is 7.33. The van der Waals surface area contributed by atoms with Crippen molar-refractivity contribution in [3.8, 4) is 0 Å². The highest BCUT2D eigenvalue weighted by molar-refractivity contribution is 5.84. The number of aliphatic hydroxyl groups excluding tert-OH is 1. The first kappa shape index (κ1) is 11.4. The lowest BCUT2D eigenvalue weighted by Gasteiger charge is -2.27. The monoisotopic (exact) mass is 253 g/mol. The molecule has 19 heavy (non-hydrogen) atoms. The average Bonchev–Trinajstić information content (AvgIpc) is 3.08. The molecular weight excluding hydrogens is 234 g/mol. The number of benzene rings is 1. The Morgan fingerprint density at radius 1 is 1.11 bits per heavy atom. The Labute approximate surface area is 113 Å². The molecule has 1 N–H and O–H groups in total. The number of aliphatic hydroxyl groups is 1. The second-order valence-electron chi connectivity index (χ2n) is 6.23. The van der Waals surface area contributed by atoms with Gasteiger partial charge in [-0.15, -0.1) is 0 Å². The Bertz CT molecular complexity index is 604. The summed E-state index contributed by atoms with van der Waals surface area (Å²) in [5.74, 6) is 2.05. The van der Waals surface area contributed by atoms with Crippen molar-refractivity contribution in [2.45, 2.75) is 31.8 Å². The summed E-state index contributed by atoms with van der Waals surface area (Å²) in [6, 6.07) is 8.24. The predicted molar refractivity (Wildman–Crippen MR) is 75.6 cm³/mol. The fraction of sp³-hybridized carbons (Fsp3) is 0.471. The smallest absolute Gasteiger partial charge is 0.0841 e. The van der Waals surface area contributed by atoms with E-state index in [1.807, 2.05) is 24.5 Å². The van der Waals surface area contributed by atoms with Crippen LogP contribution < -0.4 is 0 Å². The quantitative estimate of drug-likeness (QED) is 0.885. The van der Waals surface area contributed by atoms with Crippen LogP contribution >= 0.6 is 0 Å². The topological polar surface area (TPSA) is 33.1 Å². The SMILES string of the molecule is OC(c1cncc2ccccc12)C1CC2CCC1C2. The fourth-order valence-corrected chi connectivity index (χ4v) is 4.29. The zero-order chi connectivity index (χ0) is 12.8. The van der Waals surface area contributed by atoms with Gasteiger partial charge in [0.15, 0.2) is 0 Å². The van der Waals surface area contributed by atoms with E-state index in [-0.39, 0.29) is 6.10 Å². The first-order valence-electron chi connectivity index (χ1n) is 7.33. The van der Waals surface area contributed by atoms with Crippen molar-refractivity contribution in [3.63, 3.8) is 0 Å². The van der Waals surface area contributed by atoms with Crippen LogP contribution in [-0.4, -0.2) is 10.1 Å². The van der Waals surface area contributed by atoms with E-state index >= 15 is 0 Å². The molecule has 2 nitrogen and oxygen atoms in total.